The third-order valence-corrected chi connectivity index (χ3v) is 9.89. The number of amides is 4. The minimum atomic E-state index is -0.768. The Kier molecular flexibility index (Phi) is 17.4. The molecule has 13 nitrogen and oxygen atoms in total. The molecule has 0 saturated heterocycles. The van der Waals surface area contributed by atoms with E-state index in [1.165, 1.54) is 0 Å². The molecule has 1 aliphatic heterocycles. The molecule has 4 amide bonds. The molecule has 0 spiro atoms. The van der Waals surface area contributed by atoms with Gasteiger partial charge >= 0.3 is 0 Å². The van der Waals surface area contributed by atoms with E-state index in [-0.39, 0.29) is 81.4 Å². The topological polar surface area (TPSA) is 181 Å². The quantitative estimate of drug-likeness (QED) is 0.0857. The van der Waals surface area contributed by atoms with E-state index in [0.717, 1.165) is 40.8 Å². The number of nitrogens with two attached hydrogens (primary N) is 1. The number of imide groups is 1. The fourth-order valence-electron chi connectivity index (χ4n) is 6.91. The molecule has 0 saturated carbocycles. The third-order valence-electron chi connectivity index (χ3n) is 9.89. The normalized spacial score (nSPS) is 13.8. The van der Waals surface area contributed by atoms with Crippen molar-refractivity contribution in [1.82, 2.24) is 19.7 Å². The zero-order valence-electron chi connectivity index (χ0n) is 34.0. The Labute approximate surface area is 343 Å². The van der Waals surface area contributed by atoms with E-state index in [0.29, 0.717) is 37.3 Å². The standard InChI is InChI=1S/C44H55F2N5O8/c1-44(2,3)43(38-23-31(36-24-32(45)13-15-37(36)46)27-49(38)26-30-9-5-4-6-10-30)50(42(58)29-52)20-19-33(47)25-48-39(55)16-14-34(53)11-7-21-59-22-8-12-35(54)28-51-40(56)17-18-41(51)57/h4-6,9-10,13,15,17-18,23-24,27,33,43,52H,7-8,11-12,14,16,19-22,25-26,28-29,47H2,1-3H3,(H,48,55)/t33-,43-/m0/s1. The molecule has 15 heteroatoms. The summed E-state index contributed by atoms with van der Waals surface area (Å²) in [5, 5.41) is 12.9. The third kappa shape index (κ3) is 14.1. The van der Waals surface area contributed by atoms with Gasteiger partial charge in [-0.3, -0.25) is 33.7 Å². The summed E-state index contributed by atoms with van der Waals surface area (Å²) in [4.78, 5) is 76.1. The van der Waals surface area contributed by atoms with Crippen molar-refractivity contribution in [2.45, 2.75) is 84.3 Å². The summed E-state index contributed by atoms with van der Waals surface area (Å²) in [5.41, 5.74) is 7.90. The van der Waals surface area contributed by atoms with Crippen molar-refractivity contribution in [3.8, 4) is 11.1 Å². The molecule has 0 fully saturated rings. The van der Waals surface area contributed by atoms with Gasteiger partial charge in [-0.05, 0) is 54.5 Å². The van der Waals surface area contributed by atoms with Crippen molar-refractivity contribution in [1.29, 1.82) is 0 Å². The van der Waals surface area contributed by atoms with Crippen molar-refractivity contribution in [3.05, 3.63) is 95.8 Å². The van der Waals surface area contributed by atoms with E-state index >= 15 is 4.39 Å². The number of ketones is 2. The van der Waals surface area contributed by atoms with Crippen LogP contribution in [0.2, 0.25) is 0 Å². The Morgan fingerprint density at radius 3 is 2.20 bits per heavy atom. The van der Waals surface area contributed by atoms with Crippen molar-refractivity contribution < 1.29 is 47.4 Å². The van der Waals surface area contributed by atoms with E-state index in [1.54, 1.807) is 17.2 Å². The second-order valence-electron chi connectivity index (χ2n) is 15.8. The molecule has 0 bridgehead atoms. The molecule has 59 heavy (non-hydrogen) atoms. The number of nitrogens with zero attached hydrogens (tertiary/aromatic N) is 3. The zero-order valence-corrected chi connectivity index (χ0v) is 34.0. The number of carbonyl (C=O) groups excluding carboxylic acids is 6. The second kappa shape index (κ2) is 22.1. The van der Waals surface area contributed by atoms with Crippen LogP contribution in [0.25, 0.3) is 11.1 Å². The number of benzene rings is 2. The van der Waals surface area contributed by atoms with E-state index < -0.39 is 53.5 Å². The van der Waals surface area contributed by atoms with Gasteiger partial charge in [0.1, 0.15) is 24.0 Å². The maximum Gasteiger partial charge on any atom is 0.254 e. The van der Waals surface area contributed by atoms with Crippen LogP contribution in [0.1, 0.15) is 83.0 Å². The molecule has 0 radical (unpaired) electrons. The van der Waals surface area contributed by atoms with Gasteiger partial charge in [-0.1, -0.05) is 51.1 Å². The highest BCUT2D eigenvalue weighted by molar-refractivity contribution is 6.14. The molecule has 2 heterocycles. The van der Waals surface area contributed by atoms with Crippen molar-refractivity contribution in [2.75, 3.05) is 39.5 Å². The van der Waals surface area contributed by atoms with Crippen molar-refractivity contribution in [3.63, 3.8) is 0 Å². The van der Waals surface area contributed by atoms with Crippen LogP contribution in [-0.4, -0.2) is 100 Å². The smallest absolute Gasteiger partial charge is 0.254 e. The van der Waals surface area contributed by atoms with E-state index in [1.807, 2.05) is 55.7 Å². The molecule has 4 rings (SSSR count). The Morgan fingerprint density at radius 2 is 1.56 bits per heavy atom. The molecule has 1 aliphatic rings. The second-order valence-corrected chi connectivity index (χ2v) is 15.8. The Balaban J connectivity index is 1.26. The van der Waals surface area contributed by atoms with Gasteiger partial charge in [-0.2, -0.15) is 0 Å². The number of aliphatic hydroxyl groups is 1. The summed E-state index contributed by atoms with van der Waals surface area (Å²) >= 11 is 0. The maximum atomic E-state index is 15.0. The molecular weight excluding hydrogens is 765 g/mol. The lowest BCUT2D eigenvalue weighted by Gasteiger charge is -2.41. The maximum absolute atomic E-state index is 15.0. The lowest BCUT2D eigenvalue weighted by atomic mass is 9.82. The Bertz CT molecular complexity index is 1960. The Hall–Kier alpha value is -5.38. The van der Waals surface area contributed by atoms with Gasteiger partial charge in [0, 0.05) is 99.7 Å². The summed E-state index contributed by atoms with van der Waals surface area (Å²) in [6.45, 7) is 5.97. The van der Waals surface area contributed by atoms with Crippen LogP contribution in [0.3, 0.4) is 0 Å². The largest absolute Gasteiger partial charge is 0.387 e. The first kappa shape index (κ1) is 46.3. The minimum Gasteiger partial charge on any atom is -0.387 e. The fourth-order valence-corrected chi connectivity index (χ4v) is 6.91. The summed E-state index contributed by atoms with van der Waals surface area (Å²) in [5.74, 6) is -3.45. The summed E-state index contributed by atoms with van der Waals surface area (Å²) < 4.78 is 36.7. The number of rotatable bonds is 24. The molecule has 2 aromatic carbocycles. The first-order valence-corrected chi connectivity index (χ1v) is 19.8. The van der Waals surface area contributed by atoms with Gasteiger partial charge < -0.3 is 30.4 Å². The molecule has 0 unspecified atom stereocenters. The summed E-state index contributed by atoms with van der Waals surface area (Å²) in [6, 6.07) is 13.4. The highest BCUT2D eigenvalue weighted by Crippen LogP contribution is 2.41. The number of aromatic nitrogens is 1. The zero-order chi connectivity index (χ0) is 43.1. The fraction of sp³-hybridized carbons (Fsp3) is 0.455. The number of Topliss-reactive ketones (excluding diaryl/α,β-unsaturated/α-hetero) is 2. The number of carbonyl (C=O) groups is 6. The average molecular weight is 820 g/mol. The van der Waals surface area contributed by atoms with Crippen LogP contribution in [-0.2, 0) is 40.0 Å². The van der Waals surface area contributed by atoms with Gasteiger partial charge in [0.25, 0.3) is 11.8 Å². The van der Waals surface area contributed by atoms with Gasteiger partial charge in [-0.25, -0.2) is 8.78 Å². The first-order valence-electron chi connectivity index (χ1n) is 19.8. The predicted molar refractivity (Wildman–Crippen MR) is 216 cm³/mol. The van der Waals surface area contributed by atoms with Crippen LogP contribution in [0, 0.1) is 17.0 Å². The van der Waals surface area contributed by atoms with Crippen LogP contribution in [0.4, 0.5) is 8.78 Å². The monoisotopic (exact) mass is 819 g/mol. The predicted octanol–water partition coefficient (Wildman–Crippen LogP) is 4.64. The van der Waals surface area contributed by atoms with Crippen molar-refractivity contribution in [2.24, 2.45) is 11.1 Å². The van der Waals surface area contributed by atoms with Gasteiger partial charge in [0.2, 0.25) is 11.8 Å². The summed E-state index contributed by atoms with van der Waals surface area (Å²) in [7, 11) is 0. The van der Waals surface area contributed by atoms with Gasteiger partial charge in [0.05, 0.1) is 12.6 Å². The number of halogens is 2. The molecule has 318 valence electrons. The van der Waals surface area contributed by atoms with Gasteiger partial charge in [-0.15, -0.1) is 0 Å². The lowest BCUT2D eigenvalue weighted by Crippen LogP contribution is -2.46. The van der Waals surface area contributed by atoms with Crippen molar-refractivity contribution >= 4 is 35.2 Å². The van der Waals surface area contributed by atoms with Crippen LogP contribution >= 0.6 is 0 Å². The highest BCUT2D eigenvalue weighted by atomic mass is 19.1. The molecule has 1 aromatic heterocycles. The molecule has 2 atom stereocenters. The SMILES string of the molecule is CC(C)(C)[C@H](c1cc(-c2cc(F)ccc2F)cn1Cc1ccccc1)N(CC[C@H](N)CNC(=O)CCC(=O)CCCOCCCC(=O)CN1C(=O)C=CC1=O)C(=O)CO. The number of hydrogen-bond donors (Lipinski definition) is 3. The number of nitrogens with one attached hydrogen (secondary N) is 1. The Morgan fingerprint density at radius 1 is 0.898 bits per heavy atom. The lowest BCUT2D eigenvalue weighted by molar-refractivity contribution is -0.140. The van der Waals surface area contributed by atoms with E-state index in [2.05, 4.69) is 5.32 Å². The van der Waals surface area contributed by atoms with Gasteiger partial charge in [0.15, 0.2) is 5.78 Å². The molecule has 0 aliphatic carbocycles. The number of ether oxygens (including phenoxy) is 1. The molecule has 4 N–H and O–H groups in total. The number of aliphatic hydroxyl groups excluding tert-OH is 1. The first-order chi connectivity index (χ1) is 28.1. The average Bonchev–Trinajstić information content (AvgIpc) is 3.75. The molecule has 3 aromatic rings. The number of hydrogen-bond acceptors (Lipinski definition) is 9. The highest BCUT2D eigenvalue weighted by Gasteiger charge is 2.37. The van der Waals surface area contributed by atoms with Crippen LogP contribution in [0.15, 0.2) is 72.9 Å². The minimum absolute atomic E-state index is 0.0278. The molecular formula is C44H55F2N5O8. The van der Waals surface area contributed by atoms with Crippen LogP contribution in [0.5, 0.6) is 0 Å². The summed E-state index contributed by atoms with van der Waals surface area (Å²) in [6.07, 6.45) is 5.48. The van der Waals surface area contributed by atoms with E-state index in [4.69, 9.17) is 10.5 Å². The van der Waals surface area contributed by atoms with Crippen LogP contribution < -0.4 is 11.1 Å². The van der Waals surface area contributed by atoms with E-state index in [9.17, 15) is 38.3 Å².